The average molecular weight is 409 g/mol. The third kappa shape index (κ3) is 3.92. The van der Waals surface area contributed by atoms with Crippen molar-refractivity contribution in [3.05, 3.63) is 53.6 Å². The van der Waals surface area contributed by atoms with E-state index in [1.54, 1.807) is 20.2 Å². The molecule has 7 heteroatoms. The SMILES string of the molecule is CCOc1cc(C2Nc3ccccc3C(=O)N2C2CC2)ccc1OCC(=O)N(C)C. The Morgan fingerprint density at radius 2 is 1.90 bits per heavy atom. The van der Waals surface area contributed by atoms with Crippen molar-refractivity contribution in [2.45, 2.75) is 32.0 Å². The van der Waals surface area contributed by atoms with Crippen LogP contribution in [0.25, 0.3) is 0 Å². The molecule has 1 unspecified atom stereocenters. The summed E-state index contributed by atoms with van der Waals surface area (Å²) in [5, 5.41) is 3.52. The third-order valence-electron chi connectivity index (χ3n) is 5.34. The number of nitrogens with one attached hydrogen (secondary N) is 1. The summed E-state index contributed by atoms with van der Waals surface area (Å²) < 4.78 is 11.5. The van der Waals surface area contributed by atoms with E-state index in [1.807, 2.05) is 48.2 Å². The number of hydrogen-bond donors (Lipinski definition) is 1. The van der Waals surface area contributed by atoms with Gasteiger partial charge in [0.15, 0.2) is 18.1 Å². The maximum absolute atomic E-state index is 13.2. The Morgan fingerprint density at radius 1 is 1.13 bits per heavy atom. The molecule has 0 saturated heterocycles. The van der Waals surface area contributed by atoms with E-state index >= 15 is 0 Å². The molecule has 2 aromatic carbocycles. The minimum absolute atomic E-state index is 0.0479. The first-order valence-corrected chi connectivity index (χ1v) is 10.3. The number of rotatable bonds is 7. The molecule has 1 aliphatic carbocycles. The van der Waals surface area contributed by atoms with E-state index in [9.17, 15) is 9.59 Å². The molecule has 0 spiro atoms. The van der Waals surface area contributed by atoms with Gasteiger partial charge in [-0.3, -0.25) is 9.59 Å². The van der Waals surface area contributed by atoms with Gasteiger partial charge in [0.25, 0.3) is 11.8 Å². The Hall–Kier alpha value is -3.22. The van der Waals surface area contributed by atoms with Gasteiger partial charge in [0, 0.05) is 25.8 Å². The molecule has 1 fully saturated rings. The van der Waals surface area contributed by atoms with Crippen LogP contribution in [-0.4, -0.2) is 55.0 Å². The molecule has 158 valence electrons. The zero-order chi connectivity index (χ0) is 21.3. The molecule has 0 radical (unpaired) electrons. The second-order valence-corrected chi connectivity index (χ2v) is 7.75. The minimum Gasteiger partial charge on any atom is -0.490 e. The van der Waals surface area contributed by atoms with Gasteiger partial charge >= 0.3 is 0 Å². The number of likely N-dealkylation sites (N-methyl/N-ethyl adjacent to an activating group) is 1. The van der Waals surface area contributed by atoms with E-state index in [-0.39, 0.29) is 30.6 Å². The molecule has 30 heavy (non-hydrogen) atoms. The van der Waals surface area contributed by atoms with Crippen molar-refractivity contribution in [2.75, 3.05) is 32.6 Å². The van der Waals surface area contributed by atoms with Crippen molar-refractivity contribution in [1.82, 2.24) is 9.80 Å². The van der Waals surface area contributed by atoms with Crippen molar-refractivity contribution < 1.29 is 19.1 Å². The summed E-state index contributed by atoms with van der Waals surface area (Å²) in [6.07, 6.45) is 1.74. The first-order chi connectivity index (χ1) is 14.5. The first-order valence-electron chi connectivity index (χ1n) is 10.3. The molecule has 0 bridgehead atoms. The monoisotopic (exact) mass is 409 g/mol. The molecule has 1 heterocycles. The Balaban J connectivity index is 1.64. The fourth-order valence-electron chi connectivity index (χ4n) is 3.59. The smallest absolute Gasteiger partial charge is 0.259 e. The predicted molar refractivity (Wildman–Crippen MR) is 114 cm³/mol. The summed E-state index contributed by atoms with van der Waals surface area (Å²) >= 11 is 0. The fraction of sp³-hybridized carbons (Fsp3) is 0.391. The van der Waals surface area contributed by atoms with Gasteiger partial charge in [0.05, 0.1) is 12.2 Å². The Bertz CT molecular complexity index is 955. The van der Waals surface area contributed by atoms with E-state index in [0.717, 1.165) is 24.1 Å². The van der Waals surface area contributed by atoms with Crippen LogP contribution in [-0.2, 0) is 4.79 Å². The Labute approximate surface area is 176 Å². The summed E-state index contributed by atoms with van der Waals surface area (Å²) in [4.78, 5) is 28.5. The van der Waals surface area contributed by atoms with Gasteiger partial charge in [-0.25, -0.2) is 0 Å². The molecule has 4 rings (SSSR count). The van der Waals surface area contributed by atoms with Crippen molar-refractivity contribution in [2.24, 2.45) is 0 Å². The topological polar surface area (TPSA) is 71.1 Å². The molecule has 2 amide bonds. The zero-order valence-electron chi connectivity index (χ0n) is 17.6. The van der Waals surface area contributed by atoms with E-state index < -0.39 is 0 Å². The number of benzene rings is 2. The maximum atomic E-state index is 13.2. The largest absolute Gasteiger partial charge is 0.490 e. The number of anilines is 1. The number of para-hydroxylation sites is 1. The van der Waals surface area contributed by atoms with Crippen LogP contribution >= 0.6 is 0 Å². The quantitative estimate of drug-likeness (QED) is 0.760. The average Bonchev–Trinajstić information content (AvgIpc) is 3.57. The predicted octanol–water partition coefficient (Wildman–Crippen LogP) is 3.28. The molecule has 1 saturated carbocycles. The molecule has 1 N–H and O–H groups in total. The Kier molecular flexibility index (Phi) is 5.53. The highest BCUT2D eigenvalue weighted by molar-refractivity contribution is 6.02. The molecule has 0 aromatic heterocycles. The number of fused-ring (bicyclic) bond motifs is 1. The summed E-state index contributed by atoms with van der Waals surface area (Å²) in [6.45, 7) is 2.30. The normalized spacial score (nSPS) is 17.8. The minimum atomic E-state index is -0.281. The number of carbonyl (C=O) groups is 2. The lowest BCUT2D eigenvalue weighted by atomic mass is 10.0. The van der Waals surface area contributed by atoms with Crippen molar-refractivity contribution in [1.29, 1.82) is 0 Å². The number of hydrogen-bond acceptors (Lipinski definition) is 5. The summed E-state index contributed by atoms with van der Waals surface area (Å²) in [6, 6.07) is 13.5. The van der Waals surface area contributed by atoms with E-state index in [2.05, 4.69) is 5.32 Å². The van der Waals surface area contributed by atoms with Crippen LogP contribution in [0, 0.1) is 0 Å². The fourth-order valence-corrected chi connectivity index (χ4v) is 3.59. The van der Waals surface area contributed by atoms with Crippen LogP contribution in [0.15, 0.2) is 42.5 Å². The maximum Gasteiger partial charge on any atom is 0.259 e. The second kappa shape index (κ2) is 8.26. The number of ether oxygens (including phenoxy) is 2. The van der Waals surface area contributed by atoms with Crippen molar-refractivity contribution in [3.8, 4) is 11.5 Å². The van der Waals surface area contributed by atoms with Crippen LogP contribution in [0.2, 0.25) is 0 Å². The van der Waals surface area contributed by atoms with Crippen LogP contribution in [0.5, 0.6) is 11.5 Å². The lowest BCUT2D eigenvalue weighted by Gasteiger charge is -2.38. The molecular formula is C23H27N3O4. The lowest BCUT2D eigenvalue weighted by Crippen LogP contribution is -2.44. The molecule has 1 atom stereocenters. The highest BCUT2D eigenvalue weighted by Gasteiger charge is 2.42. The number of nitrogens with zero attached hydrogens (tertiary/aromatic N) is 2. The third-order valence-corrected chi connectivity index (χ3v) is 5.34. The van der Waals surface area contributed by atoms with Gasteiger partial charge in [-0.2, -0.15) is 0 Å². The lowest BCUT2D eigenvalue weighted by molar-refractivity contribution is -0.130. The van der Waals surface area contributed by atoms with Gasteiger partial charge in [-0.1, -0.05) is 18.2 Å². The Morgan fingerprint density at radius 3 is 2.60 bits per heavy atom. The van der Waals surface area contributed by atoms with Crippen molar-refractivity contribution in [3.63, 3.8) is 0 Å². The zero-order valence-corrected chi connectivity index (χ0v) is 17.6. The molecular weight excluding hydrogens is 382 g/mol. The van der Waals surface area contributed by atoms with Crippen LogP contribution in [0.4, 0.5) is 5.69 Å². The van der Waals surface area contributed by atoms with Gasteiger partial charge in [-0.05, 0) is 49.6 Å². The first kappa shape index (κ1) is 20.1. The summed E-state index contributed by atoms with van der Waals surface area (Å²) in [5.41, 5.74) is 2.45. The summed E-state index contributed by atoms with van der Waals surface area (Å²) in [7, 11) is 3.38. The van der Waals surface area contributed by atoms with Crippen LogP contribution in [0.3, 0.4) is 0 Å². The van der Waals surface area contributed by atoms with E-state index in [0.29, 0.717) is 23.7 Å². The molecule has 1 aliphatic heterocycles. The van der Waals surface area contributed by atoms with Gasteiger partial charge < -0.3 is 24.6 Å². The molecule has 2 aliphatic rings. The van der Waals surface area contributed by atoms with E-state index in [1.165, 1.54) is 4.90 Å². The van der Waals surface area contributed by atoms with Gasteiger partial charge in [0.1, 0.15) is 6.17 Å². The highest BCUT2D eigenvalue weighted by Crippen LogP contribution is 2.42. The van der Waals surface area contributed by atoms with Crippen LogP contribution in [0.1, 0.15) is 41.9 Å². The highest BCUT2D eigenvalue weighted by atomic mass is 16.5. The van der Waals surface area contributed by atoms with Crippen LogP contribution < -0.4 is 14.8 Å². The number of carbonyl (C=O) groups excluding carboxylic acids is 2. The van der Waals surface area contributed by atoms with Crippen molar-refractivity contribution >= 4 is 17.5 Å². The van der Waals surface area contributed by atoms with E-state index in [4.69, 9.17) is 9.47 Å². The standard InChI is InChI=1S/C23H27N3O4/c1-4-29-20-13-15(9-12-19(20)30-14-21(27)25(2)3)22-24-18-8-6-5-7-17(18)23(28)26(22)16-10-11-16/h5-9,12-13,16,22,24H,4,10-11,14H2,1-3H3. The van der Waals surface area contributed by atoms with Gasteiger partial charge in [-0.15, -0.1) is 0 Å². The summed E-state index contributed by atoms with van der Waals surface area (Å²) in [5.74, 6) is 0.992. The number of amides is 2. The van der Waals surface area contributed by atoms with Gasteiger partial charge in [0.2, 0.25) is 0 Å². The second-order valence-electron chi connectivity index (χ2n) is 7.75. The molecule has 7 nitrogen and oxygen atoms in total. The molecule has 2 aromatic rings.